The van der Waals surface area contributed by atoms with E-state index >= 15 is 0 Å². The van der Waals surface area contributed by atoms with E-state index in [1.54, 1.807) is 4.57 Å². The molecule has 0 aromatic carbocycles. The predicted octanol–water partition coefficient (Wildman–Crippen LogP) is 1.08. The molecule has 0 saturated carbocycles. The summed E-state index contributed by atoms with van der Waals surface area (Å²) in [4.78, 5) is 41.9. The Hall–Kier alpha value is -2.85. The Morgan fingerprint density at radius 1 is 0.862 bits per heavy atom. The maximum atomic E-state index is 10.5. The van der Waals surface area contributed by atoms with Crippen LogP contribution in [0, 0.1) is 0 Å². The third-order valence-electron chi connectivity index (χ3n) is 4.27. The molecule has 0 unspecified atom stereocenters. The van der Waals surface area contributed by atoms with Gasteiger partial charge in [-0.3, -0.25) is 0 Å². The molecule has 0 atom stereocenters. The zero-order chi connectivity index (χ0) is 23.0. The molecule has 2 aliphatic rings. The van der Waals surface area contributed by atoms with Crippen molar-refractivity contribution in [1.82, 2.24) is 4.57 Å². The summed E-state index contributed by atoms with van der Waals surface area (Å²) in [7, 11) is 1.82. The zero-order valence-electron chi connectivity index (χ0n) is 18.7. The normalized spacial score (nSPS) is 17.7. The van der Waals surface area contributed by atoms with Crippen molar-refractivity contribution in [2.75, 3.05) is 0 Å². The van der Waals surface area contributed by atoms with Crippen LogP contribution < -0.4 is 4.57 Å². The van der Waals surface area contributed by atoms with Crippen LogP contribution in [-0.4, -0.2) is 35.4 Å². The SMILES string of the molecule is O=C1O[B-]2(OC1=O)OC(=O)C(=O)O2.[2H]c1c([2H])[n+](C)cn1CCCCCCCCCC. The summed E-state index contributed by atoms with van der Waals surface area (Å²) in [6.07, 6.45) is 12.9. The van der Waals surface area contributed by atoms with Crippen LogP contribution in [0.4, 0.5) is 0 Å². The predicted molar refractivity (Wildman–Crippen MR) is 98.3 cm³/mol. The number of imidazole rings is 1. The molecule has 0 aliphatic carbocycles. The van der Waals surface area contributed by atoms with E-state index in [1.165, 1.54) is 44.9 Å². The molecule has 0 radical (unpaired) electrons. The molecule has 0 bridgehead atoms. The van der Waals surface area contributed by atoms with Crippen LogP contribution in [0.2, 0.25) is 0 Å². The molecule has 3 rings (SSSR count). The smallest absolute Gasteiger partial charge is 0.576 e. The summed E-state index contributed by atoms with van der Waals surface area (Å²) in [6, 6.07) is 0. The molecule has 10 nitrogen and oxygen atoms in total. The average molecular weight is 412 g/mol. The summed E-state index contributed by atoms with van der Waals surface area (Å²) >= 11 is 0. The minimum atomic E-state index is -3.30. The van der Waals surface area contributed by atoms with E-state index in [1.807, 2.05) is 17.9 Å². The van der Waals surface area contributed by atoms with Gasteiger partial charge in [-0.1, -0.05) is 45.4 Å². The largest absolute Gasteiger partial charge is 0.786 e. The number of aromatic nitrogens is 2. The second-order valence-corrected chi connectivity index (χ2v) is 6.82. The number of carbonyl (C=O) groups is 4. The molecule has 29 heavy (non-hydrogen) atoms. The highest BCUT2D eigenvalue weighted by Crippen LogP contribution is 2.24. The van der Waals surface area contributed by atoms with Gasteiger partial charge in [0.1, 0.15) is 15.1 Å². The minimum absolute atomic E-state index is 0.301. The topological polar surface area (TPSA) is 114 Å². The van der Waals surface area contributed by atoms with Crippen molar-refractivity contribution < 1.29 is 45.1 Å². The van der Waals surface area contributed by atoms with Gasteiger partial charge in [0.05, 0.1) is 13.6 Å². The third kappa shape index (κ3) is 6.92. The fourth-order valence-electron chi connectivity index (χ4n) is 2.80. The highest BCUT2D eigenvalue weighted by atomic mass is 17.0. The van der Waals surface area contributed by atoms with E-state index in [9.17, 15) is 19.2 Å². The highest BCUT2D eigenvalue weighted by Gasteiger charge is 2.60. The molecule has 160 valence electrons. The van der Waals surface area contributed by atoms with E-state index < -0.39 is 30.8 Å². The number of nitrogens with zero attached hydrogens (tertiary/aromatic N) is 2. The van der Waals surface area contributed by atoms with Gasteiger partial charge in [0.15, 0.2) is 0 Å². The van der Waals surface area contributed by atoms with E-state index in [-0.39, 0.29) is 0 Å². The second kappa shape index (κ2) is 10.6. The Morgan fingerprint density at radius 2 is 1.31 bits per heavy atom. The number of rotatable bonds is 9. The molecule has 0 amide bonds. The summed E-state index contributed by atoms with van der Waals surface area (Å²) in [5.41, 5.74) is 0. The molecule has 11 heteroatoms. The monoisotopic (exact) mass is 412 g/mol. The first-order valence-electron chi connectivity index (χ1n) is 10.8. The quantitative estimate of drug-likeness (QED) is 0.256. The standard InChI is InChI=1S/C14H27N2.C4BO8/c1-3-4-5-6-7-8-9-10-11-16-13-12-15(2)14-16;6-1-2(7)11-5(10-1)12-3(8)4(9)13-5/h12-14H,3-11H2,1-2H3;/q+1;-1/i12D,13D;. The van der Waals surface area contributed by atoms with Gasteiger partial charge in [0.2, 0.25) is 6.33 Å². The Labute approximate surface area is 171 Å². The van der Waals surface area contributed by atoms with Crippen molar-refractivity contribution in [2.45, 2.75) is 64.8 Å². The van der Waals surface area contributed by atoms with Crippen molar-refractivity contribution >= 4 is 30.8 Å². The average Bonchev–Trinajstić information content (AvgIpc) is 3.25. The van der Waals surface area contributed by atoms with Crippen LogP contribution in [0.5, 0.6) is 0 Å². The second-order valence-electron chi connectivity index (χ2n) is 6.82. The maximum absolute atomic E-state index is 10.5. The Balaban J connectivity index is 0.000000231. The van der Waals surface area contributed by atoms with Gasteiger partial charge >= 0.3 is 30.8 Å². The summed E-state index contributed by atoms with van der Waals surface area (Å²) in [6.45, 7) is -0.175. The van der Waals surface area contributed by atoms with Crippen molar-refractivity contribution in [3.63, 3.8) is 0 Å². The van der Waals surface area contributed by atoms with Crippen LogP contribution in [0.3, 0.4) is 0 Å². The van der Waals surface area contributed by atoms with Crippen molar-refractivity contribution in [1.29, 1.82) is 0 Å². The Morgan fingerprint density at radius 3 is 1.72 bits per heavy atom. The van der Waals surface area contributed by atoms with Crippen LogP contribution in [0.25, 0.3) is 0 Å². The molecule has 1 aromatic heterocycles. The van der Waals surface area contributed by atoms with Gasteiger partial charge in [-0.15, -0.1) is 0 Å². The summed E-state index contributed by atoms with van der Waals surface area (Å²) < 4.78 is 35.5. The van der Waals surface area contributed by atoms with Crippen molar-refractivity contribution in [2.24, 2.45) is 7.05 Å². The lowest BCUT2D eigenvalue weighted by atomic mass is 10.1. The van der Waals surface area contributed by atoms with Gasteiger partial charge in [-0.05, 0) is 12.8 Å². The number of carbonyl (C=O) groups excluding carboxylic acids is 4. The van der Waals surface area contributed by atoms with E-state index in [2.05, 4.69) is 25.5 Å². The first kappa shape index (κ1) is 19.5. The molecule has 2 aliphatic heterocycles. The molecule has 2 saturated heterocycles. The fourth-order valence-corrected chi connectivity index (χ4v) is 2.80. The van der Waals surface area contributed by atoms with Crippen LogP contribution in [0.15, 0.2) is 18.7 Å². The molecular weight excluding hydrogens is 383 g/mol. The van der Waals surface area contributed by atoms with E-state index in [0.717, 1.165) is 13.0 Å². The number of hydrogen-bond donors (Lipinski definition) is 0. The number of aryl methyl sites for hydroxylation is 2. The first-order valence-corrected chi connectivity index (χ1v) is 9.76. The number of unbranched alkanes of at least 4 members (excludes halogenated alkanes) is 7. The van der Waals surface area contributed by atoms with Gasteiger partial charge in [-0.2, -0.15) is 0 Å². The molecular formula is C18H27BN2O8. The molecule has 1 aromatic rings. The van der Waals surface area contributed by atoms with E-state index in [4.69, 9.17) is 2.74 Å². The van der Waals surface area contributed by atoms with Crippen LogP contribution in [-0.2, 0) is 51.4 Å². The van der Waals surface area contributed by atoms with E-state index in [0.29, 0.717) is 12.3 Å². The molecule has 2 fully saturated rings. The van der Waals surface area contributed by atoms with Gasteiger partial charge in [0.25, 0.3) is 0 Å². The maximum Gasteiger partial charge on any atom is 0.786 e. The third-order valence-corrected chi connectivity index (χ3v) is 4.27. The minimum Gasteiger partial charge on any atom is -0.576 e. The lowest BCUT2D eigenvalue weighted by molar-refractivity contribution is -0.671. The Bertz CT molecular complexity index is 775. The summed E-state index contributed by atoms with van der Waals surface area (Å²) in [5.74, 6) is -5.49. The number of hydrogen-bond acceptors (Lipinski definition) is 8. The van der Waals surface area contributed by atoms with Crippen LogP contribution >= 0.6 is 0 Å². The molecule has 1 spiro atoms. The Kier molecular flexibility index (Phi) is 7.14. The van der Waals surface area contributed by atoms with Gasteiger partial charge in [0, 0.05) is 0 Å². The fraction of sp³-hybridized carbons (Fsp3) is 0.611. The molecule has 0 N–H and O–H groups in total. The molecule has 3 heterocycles. The summed E-state index contributed by atoms with van der Waals surface area (Å²) in [5, 5.41) is 0. The zero-order valence-corrected chi connectivity index (χ0v) is 16.7. The lowest BCUT2D eigenvalue weighted by Crippen LogP contribution is -2.40. The van der Waals surface area contributed by atoms with Gasteiger partial charge in [-0.25, -0.2) is 28.3 Å². The van der Waals surface area contributed by atoms with Crippen molar-refractivity contribution in [3.05, 3.63) is 18.7 Å². The highest BCUT2D eigenvalue weighted by molar-refractivity contribution is 6.73. The first-order chi connectivity index (χ1) is 14.7. The van der Waals surface area contributed by atoms with Crippen LogP contribution in [0.1, 0.15) is 61.0 Å². The lowest BCUT2D eigenvalue weighted by Gasteiger charge is -2.21. The van der Waals surface area contributed by atoms with Gasteiger partial charge < -0.3 is 18.6 Å². The van der Waals surface area contributed by atoms with Crippen molar-refractivity contribution in [3.8, 4) is 0 Å².